The third-order valence-corrected chi connectivity index (χ3v) is 4.05. The Morgan fingerprint density at radius 3 is 2.47 bits per heavy atom. The Kier molecular flexibility index (Phi) is 4.45. The van der Waals surface area contributed by atoms with Crippen LogP contribution >= 0.6 is 0 Å². The lowest BCUT2D eigenvalue weighted by Crippen LogP contribution is -2.57. The van der Waals surface area contributed by atoms with Gasteiger partial charge in [-0.3, -0.25) is 10.1 Å². The van der Waals surface area contributed by atoms with Crippen LogP contribution in [0.3, 0.4) is 0 Å². The molecule has 0 aromatic carbocycles. The second-order valence-corrected chi connectivity index (χ2v) is 6.12. The van der Waals surface area contributed by atoms with E-state index in [2.05, 4.69) is 24.5 Å². The molecule has 1 saturated carbocycles. The number of carbonyl (C=O) groups is 2. The van der Waals surface area contributed by atoms with Gasteiger partial charge in [-0.2, -0.15) is 0 Å². The summed E-state index contributed by atoms with van der Waals surface area (Å²) in [5, 5.41) is 5.21. The lowest BCUT2D eigenvalue weighted by molar-refractivity contribution is -0.129. The number of nitrogens with one attached hydrogen (secondary N) is 2. The van der Waals surface area contributed by atoms with Crippen molar-refractivity contribution in [3.63, 3.8) is 0 Å². The van der Waals surface area contributed by atoms with Gasteiger partial charge in [-0.15, -0.1) is 0 Å². The topological polar surface area (TPSA) is 67.4 Å². The lowest BCUT2D eigenvalue weighted by atomic mass is 9.75. The van der Waals surface area contributed by atoms with Gasteiger partial charge >= 0.3 is 6.03 Å². The molecule has 2 N–H and O–H groups in total. The van der Waals surface area contributed by atoms with Crippen molar-refractivity contribution in [1.82, 2.24) is 10.6 Å². The van der Waals surface area contributed by atoms with Gasteiger partial charge in [0, 0.05) is 6.61 Å². The molecule has 108 valence electrons. The number of carbonyl (C=O) groups excluding carboxylic acids is 2. The van der Waals surface area contributed by atoms with Crippen LogP contribution in [0.2, 0.25) is 0 Å². The van der Waals surface area contributed by atoms with E-state index in [1.54, 1.807) is 0 Å². The molecule has 0 aromatic rings. The highest BCUT2D eigenvalue weighted by Gasteiger charge is 2.52. The van der Waals surface area contributed by atoms with Crippen LogP contribution in [0.15, 0.2) is 0 Å². The van der Waals surface area contributed by atoms with E-state index >= 15 is 0 Å². The highest BCUT2D eigenvalue weighted by Crippen LogP contribution is 2.35. The summed E-state index contributed by atoms with van der Waals surface area (Å²) >= 11 is 0. The predicted molar refractivity (Wildman–Crippen MR) is 71.6 cm³/mol. The first-order valence-corrected chi connectivity index (χ1v) is 7.26. The molecule has 0 radical (unpaired) electrons. The molecule has 19 heavy (non-hydrogen) atoms. The maximum atomic E-state index is 12.2. The molecule has 0 bridgehead atoms. The SMILES string of the molecule is CC(C)COCC1(C2CCCCC2)NC(=O)NC1=O. The molecular formula is C14H24N2O3. The summed E-state index contributed by atoms with van der Waals surface area (Å²) in [6.45, 7) is 5.03. The van der Waals surface area contributed by atoms with E-state index in [4.69, 9.17) is 4.74 Å². The van der Waals surface area contributed by atoms with Crippen LogP contribution in [-0.4, -0.2) is 30.7 Å². The normalized spacial score (nSPS) is 28.6. The Bertz CT molecular complexity index is 351. The third-order valence-electron chi connectivity index (χ3n) is 4.05. The Morgan fingerprint density at radius 1 is 1.26 bits per heavy atom. The largest absolute Gasteiger partial charge is 0.378 e. The van der Waals surface area contributed by atoms with E-state index in [0.29, 0.717) is 12.5 Å². The highest BCUT2D eigenvalue weighted by molar-refractivity contribution is 6.07. The van der Waals surface area contributed by atoms with Crippen molar-refractivity contribution in [2.45, 2.75) is 51.5 Å². The third kappa shape index (κ3) is 3.08. The molecular weight excluding hydrogens is 244 g/mol. The standard InChI is InChI=1S/C14H24N2O3/c1-10(2)8-19-9-14(11-6-4-3-5-7-11)12(17)15-13(18)16-14/h10-11H,3-9H2,1-2H3,(H2,15,16,17,18). The van der Waals surface area contributed by atoms with Crippen LogP contribution in [0.4, 0.5) is 4.79 Å². The van der Waals surface area contributed by atoms with Crippen LogP contribution in [0.5, 0.6) is 0 Å². The quantitative estimate of drug-likeness (QED) is 0.747. The van der Waals surface area contributed by atoms with Crippen LogP contribution in [-0.2, 0) is 9.53 Å². The van der Waals surface area contributed by atoms with Crippen LogP contribution in [0, 0.1) is 11.8 Å². The number of urea groups is 1. The molecule has 1 aliphatic heterocycles. The van der Waals surface area contributed by atoms with Crippen molar-refractivity contribution in [1.29, 1.82) is 0 Å². The van der Waals surface area contributed by atoms with Crippen molar-refractivity contribution in [2.24, 2.45) is 11.8 Å². The zero-order valence-corrected chi connectivity index (χ0v) is 11.8. The molecule has 1 heterocycles. The number of hydrogen-bond acceptors (Lipinski definition) is 3. The summed E-state index contributed by atoms with van der Waals surface area (Å²) in [4.78, 5) is 23.7. The molecule has 1 unspecified atom stereocenters. The maximum absolute atomic E-state index is 12.2. The molecule has 1 atom stereocenters. The van der Waals surface area contributed by atoms with Gasteiger partial charge in [0.2, 0.25) is 0 Å². The van der Waals surface area contributed by atoms with E-state index in [1.807, 2.05) is 0 Å². The van der Waals surface area contributed by atoms with Crippen LogP contribution in [0.1, 0.15) is 46.0 Å². The second kappa shape index (κ2) is 5.90. The number of ether oxygens (including phenoxy) is 1. The molecule has 2 rings (SSSR count). The molecule has 0 aromatic heterocycles. The molecule has 1 saturated heterocycles. The summed E-state index contributed by atoms with van der Waals surface area (Å²) in [6.07, 6.45) is 5.44. The van der Waals surface area contributed by atoms with Gasteiger partial charge < -0.3 is 10.1 Å². The fourth-order valence-corrected chi connectivity index (χ4v) is 3.06. The van der Waals surface area contributed by atoms with Crippen molar-refractivity contribution in [3.05, 3.63) is 0 Å². The average Bonchev–Trinajstić information content (AvgIpc) is 2.66. The van der Waals surface area contributed by atoms with Gasteiger partial charge in [0.25, 0.3) is 5.91 Å². The highest BCUT2D eigenvalue weighted by atomic mass is 16.5. The minimum absolute atomic E-state index is 0.194. The molecule has 2 aliphatic rings. The molecule has 2 fully saturated rings. The van der Waals surface area contributed by atoms with Gasteiger partial charge in [-0.1, -0.05) is 33.1 Å². The number of hydrogen-bond donors (Lipinski definition) is 2. The predicted octanol–water partition coefficient (Wildman–Crippen LogP) is 1.82. The first kappa shape index (κ1) is 14.3. The Morgan fingerprint density at radius 2 is 1.95 bits per heavy atom. The minimum atomic E-state index is -0.841. The minimum Gasteiger partial charge on any atom is -0.378 e. The van der Waals surface area contributed by atoms with E-state index in [1.165, 1.54) is 6.42 Å². The number of imide groups is 1. The van der Waals surface area contributed by atoms with Crippen molar-refractivity contribution in [2.75, 3.05) is 13.2 Å². The summed E-state index contributed by atoms with van der Waals surface area (Å²) < 4.78 is 5.68. The average molecular weight is 268 g/mol. The zero-order valence-electron chi connectivity index (χ0n) is 11.8. The zero-order chi connectivity index (χ0) is 13.9. The smallest absolute Gasteiger partial charge is 0.322 e. The number of rotatable bonds is 5. The molecule has 0 spiro atoms. The lowest BCUT2D eigenvalue weighted by Gasteiger charge is -2.37. The van der Waals surface area contributed by atoms with Crippen LogP contribution in [0.25, 0.3) is 0 Å². The Hall–Kier alpha value is -1.10. The van der Waals surface area contributed by atoms with Crippen LogP contribution < -0.4 is 10.6 Å². The van der Waals surface area contributed by atoms with Crippen molar-refractivity contribution >= 4 is 11.9 Å². The Labute approximate surface area is 114 Å². The molecule has 3 amide bonds. The van der Waals surface area contributed by atoms with Gasteiger partial charge in [0.15, 0.2) is 0 Å². The maximum Gasteiger partial charge on any atom is 0.322 e. The Balaban J connectivity index is 2.08. The second-order valence-electron chi connectivity index (χ2n) is 6.12. The van der Waals surface area contributed by atoms with E-state index in [-0.39, 0.29) is 24.5 Å². The fourth-order valence-electron chi connectivity index (χ4n) is 3.06. The summed E-state index contributed by atoms with van der Waals surface area (Å²) in [6, 6.07) is -0.385. The molecule has 5 heteroatoms. The van der Waals surface area contributed by atoms with Gasteiger partial charge in [0.05, 0.1) is 6.61 Å². The summed E-state index contributed by atoms with van der Waals surface area (Å²) in [7, 11) is 0. The van der Waals surface area contributed by atoms with E-state index in [9.17, 15) is 9.59 Å². The molecule has 5 nitrogen and oxygen atoms in total. The van der Waals surface area contributed by atoms with Crippen molar-refractivity contribution in [3.8, 4) is 0 Å². The van der Waals surface area contributed by atoms with E-state index < -0.39 is 5.54 Å². The monoisotopic (exact) mass is 268 g/mol. The first-order valence-electron chi connectivity index (χ1n) is 7.26. The molecule has 1 aliphatic carbocycles. The summed E-state index contributed by atoms with van der Waals surface area (Å²) in [5.74, 6) is 0.400. The number of amides is 3. The first-order chi connectivity index (χ1) is 9.04. The van der Waals surface area contributed by atoms with Gasteiger partial charge in [0.1, 0.15) is 5.54 Å². The van der Waals surface area contributed by atoms with E-state index in [0.717, 1.165) is 25.7 Å². The fraction of sp³-hybridized carbons (Fsp3) is 0.857. The van der Waals surface area contributed by atoms with Crippen molar-refractivity contribution < 1.29 is 14.3 Å². The van der Waals surface area contributed by atoms with Gasteiger partial charge in [-0.05, 0) is 24.7 Å². The summed E-state index contributed by atoms with van der Waals surface area (Å²) in [5.41, 5.74) is -0.841. The van der Waals surface area contributed by atoms with Gasteiger partial charge in [-0.25, -0.2) is 4.79 Å².